The summed E-state index contributed by atoms with van der Waals surface area (Å²) < 4.78 is 10.3. The second kappa shape index (κ2) is 6.51. The zero-order valence-electron chi connectivity index (χ0n) is 11.3. The Labute approximate surface area is 116 Å². The average Bonchev–Trinajstić information content (AvgIpc) is 2.49. The monoisotopic (exact) mass is 273 g/mol. The third-order valence-electron chi connectivity index (χ3n) is 2.51. The fourth-order valence-electron chi connectivity index (χ4n) is 1.57. The van der Waals surface area contributed by atoms with E-state index in [1.54, 1.807) is 24.3 Å². The number of rotatable bonds is 5. The molecular weight excluding hydrogens is 258 g/mol. The molecule has 1 N–H and O–H groups in total. The molecule has 2 rings (SSSR count). The Morgan fingerprint density at radius 1 is 1.25 bits per heavy atom. The molecule has 104 valence electrons. The van der Waals surface area contributed by atoms with Crippen LogP contribution in [0.3, 0.4) is 0 Å². The molecule has 0 saturated heterocycles. The lowest BCUT2D eigenvalue weighted by atomic mass is 10.3. The summed E-state index contributed by atoms with van der Waals surface area (Å²) in [5.74, 6) is 0.779. The summed E-state index contributed by atoms with van der Waals surface area (Å²) in [6.07, 6.45) is 1.28. The summed E-state index contributed by atoms with van der Waals surface area (Å²) in [5.41, 5.74) is 0.904. The van der Waals surface area contributed by atoms with Crippen LogP contribution in [0.5, 0.6) is 11.6 Å². The van der Waals surface area contributed by atoms with Crippen LogP contribution in [-0.2, 0) is 0 Å². The average molecular weight is 273 g/mol. The van der Waals surface area contributed by atoms with Crippen molar-refractivity contribution in [1.82, 2.24) is 9.97 Å². The third-order valence-corrected chi connectivity index (χ3v) is 2.51. The molecule has 0 spiro atoms. The first kappa shape index (κ1) is 13.8. The van der Waals surface area contributed by atoms with E-state index in [0.717, 1.165) is 5.75 Å². The van der Waals surface area contributed by atoms with Gasteiger partial charge in [0.25, 0.3) is 5.91 Å². The molecule has 6 nitrogen and oxygen atoms in total. The van der Waals surface area contributed by atoms with E-state index in [1.165, 1.54) is 19.5 Å². The van der Waals surface area contributed by atoms with Gasteiger partial charge < -0.3 is 14.8 Å². The van der Waals surface area contributed by atoms with E-state index in [1.807, 2.05) is 6.92 Å². The van der Waals surface area contributed by atoms with E-state index in [2.05, 4.69) is 15.3 Å². The molecule has 0 aliphatic heterocycles. The van der Waals surface area contributed by atoms with E-state index >= 15 is 0 Å². The number of aromatic nitrogens is 2. The maximum Gasteiger partial charge on any atom is 0.274 e. The van der Waals surface area contributed by atoms with E-state index in [-0.39, 0.29) is 11.6 Å². The normalized spacial score (nSPS) is 9.90. The number of hydrogen-bond donors (Lipinski definition) is 1. The van der Waals surface area contributed by atoms with Crippen LogP contribution in [0, 0.1) is 0 Å². The molecule has 0 aliphatic carbocycles. The van der Waals surface area contributed by atoms with Crippen molar-refractivity contribution in [3.05, 3.63) is 42.4 Å². The predicted octanol–water partition coefficient (Wildman–Crippen LogP) is 2.14. The van der Waals surface area contributed by atoms with Gasteiger partial charge in [-0.3, -0.25) is 4.79 Å². The first-order valence-corrected chi connectivity index (χ1v) is 6.13. The second-order valence-electron chi connectivity index (χ2n) is 3.86. The minimum atomic E-state index is -0.324. The van der Waals surface area contributed by atoms with Crippen molar-refractivity contribution in [2.24, 2.45) is 0 Å². The lowest BCUT2D eigenvalue weighted by Crippen LogP contribution is -2.14. The van der Waals surface area contributed by atoms with Crippen molar-refractivity contribution in [1.29, 1.82) is 0 Å². The second-order valence-corrected chi connectivity index (χ2v) is 3.86. The van der Waals surface area contributed by atoms with Crippen LogP contribution < -0.4 is 14.8 Å². The van der Waals surface area contributed by atoms with Crippen molar-refractivity contribution in [2.75, 3.05) is 19.0 Å². The highest BCUT2D eigenvalue weighted by Gasteiger charge is 2.09. The largest absolute Gasteiger partial charge is 0.494 e. The van der Waals surface area contributed by atoms with E-state index in [9.17, 15) is 4.79 Å². The van der Waals surface area contributed by atoms with Crippen LogP contribution in [0.2, 0.25) is 0 Å². The molecule has 0 radical (unpaired) electrons. The summed E-state index contributed by atoms with van der Waals surface area (Å²) in [7, 11) is 1.48. The molecule has 1 amide bonds. The minimum absolute atomic E-state index is 0.241. The minimum Gasteiger partial charge on any atom is -0.494 e. The molecule has 2 aromatic rings. The van der Waals surface area contributed by atoms with Gasteiger partial charge in [-0.25, -0.2) is 9.97 Å². The molecule has 0 fully saturated rings. The molecule has 1 aromatic carbocycles. The molecule has 1 heterocycles. The SMILES string of the molecule is CCOc1ccc(NC(=O)c2cc(OC)ncn2)cc1. The molecule has 0 aliphatic rings. The van der Waals surface area contributed by atoms with Gasteiger partial charge in [0.2, 0.25) is 5.88 Å². The molecule has 6 heteroatoms. The van der Waals surface area contributed by atoms with Crippen LogP contribution in [0.25, 0.3) is 0 Å². The van der Waals surface area contributed by atoms with Gasteiger partial charge >= 0.3 is 0 Å². The van der Waals surface area contributed by atoms with Gasteiger partial charge in [-0.2, -0.15) is 0 Å². The van der Waals surface area contributed by atoms with Crippen molar-refractivity contribution in [2.45, 2.75) is 6.92 Å². The van der Waals surface area contributed by atoms with Gasteiger partial charge in [-0.05, 0) is 31.2 Å². The highest BCUT2D eigenvalue weighted by molar-refractivity contribution is 6.02. The van der Waals surface area contributed by atoms with Crippen LogP contribution in [0.15, 0.2) is 36.7 Å². The molecular formula is C14H15N3O3. The number of amides is 1. The number of benzene rings is 1. The van der Waals surface area contributed by atoms with Crippen LogP contribution >= 0.6 is 0 Å². The van der Waals surface area contributed by atoms with E-state index in [4.69, 9.17) is 9.47 Å². The van der Waals surface area contributed by atoms with E-state index in [0.29, 0.717) is 18.2 Å². The van der Waals surface area contributed by atoms with Crippen LogP contribution in [0.4, 0.5) is 5.69 Å². The van der Waals surface area contributed by atoms with Gasteiger partial charge in [-0.15, -0.1) is 0 Å². The summed E-state index contributed by atoms with van der Waals surface area (Å²) in [4.78, 5) is 19.8. The number of anilines is 1. The first-order valence-electron chi connectivity index (χ1n) is 6.13. The first-order chi connectivity index (χ1) is 9.72. The summed E-state index contributed by atoms with van der Waals surface area (Å²) >= 11 is 0. The highest BCUT2D eigenvalue weighted by atomic mass is 16.5. The fraction of sp³-hybridized carbons (Fsp3) is 0.214. The Morgan fingerprint density at radius 2 is 2.00 bits per heavy atom. The third kappa shape index (κ3) is 3.44. The summed E-state index contributed by atoms with van der Waals surface area (Å²) in [6, 6.07) is 8.59. The van der Waals surface area contributed by atoms with Crippen molar-refractivity contribution in [3.63, 3.8) is 0 Å². The zero-order chi connectivity index (χ0) is 14.4. The lowest BCUT2D eigenvalue weighted by Gasteiger charge is -2.07. The number of carbonyl (C=O) groups excluding carboxylic acids is 1. The Balaban J connectivity index is 2.06. The molecule has 0 atom stereocenters. The maximum atomic E-state index is 12.0. The highest BCUT2D eigenvalue weighted by Crippen LogP contribution is 2.16. The molecule has 0 saturated carbocycles. The maximum absolute atomic E-state index is 12.0. The van der Waals surface area contributed by atoms with Crippen LogP contribution in [0.1, 0.15) is 17.4 Å². The zero-order valence-corrected chi connectivity index (χ0v) is 11.3. The van der Waals surface area contributed by atoms with Crippen LogP contribution in [-0.4, -0.2) is 29.6 Å². The quantitative estimate of drug-likeness (QED) is 0.903. The summed E-state index contributed by atoms with van der Waals surface area (Å²) in [5, 5.41) is 2.74. The van der Waals surface area contributed by atoms with Crippen molar-refractivity contribution >= 4 is 11.6 Å². The number of methoxy groups -OCH3 is 1. The van der Waals surface area contributed by atoms with Gasteiger partial charge in [0.1, 0.15) is 17.8 Å². The van der Waals surface area contributed by atoms with Crippen molar-refractivity contribution in [3.8, 4) is 11.6 Å². The Morgan fingerprint density at radius 3 is 2.65 bits per heavy atom. The molecule has 0 unspecified atom stereocenters. The van der Waals surface area contributed by atoms with Gasteiger partial charge in [0, 0.05) is 11.8 Å². The standard InChI is InChI=1S/C14H15N3O3/c1-3-20-11-6-4-10(5-7-11)17-14(18)12-8-13(19-2)16-9-15-12/h4-9H,3H2,1-2H3,(H,17,18). The topological polar surface area (TPSA) is 73.3 Å². The summed E-state index contributed by atoms with van der Waals surface area (Å²) in [6.45, 7) is 2.52. The number of nitrogens with zero attached hydrogens (tertiary/aromatic N) is 2. The van der Waals surface area contributed by atoms with E-state index < -0.39 is 0 Å². The Kier molecular flexibility index (Phi) is 4.49. The predicted molar refractivity (Wildman–Crippen MR) is 74.1 cm³/mol. The number of ether oxygens (including phenoxy) is 2. The van der Waals surface area contributed by atoms with Gasteiger partial charge in [0.05, 0.1) is 13.7 Å². The molecule has 0 bridgehead atoms. The lowest BCUT2D eigenvalue weighted by molar-refractivity contribution is 0.102. The number of carbonyl (C=O) groups is 1. The smallest absolute Gasteiger partial charge is 0.274 e. The number of hydrogen-bond acceptors (Lipinski definition) is 5. The molecule has 1 aromatic heterocycles. The fourth-order valence-corrected chi connectivity index (χ4v) is 1.57. The van der Waals surface area contributed by atoms with Crippen molar-refractivity contribution < 1.29 is 14.3 Å². The number of nitrogens with one attached hydrogen (secondary N) is 1. The molecule has 20 heavy (non-hydrogen) atoms. The Hall–Kier alpha value is -2.63. The Bertz CT molecular complexity index is 584. The van der Waals surface area contributed by atoms with Gasteiger partial charge in [0.15, 0.2) is 0 Å². The van der Waals surface area contributed by atoms with Gasteiger partial charge in [-0.1, -0.05) is 0 Å².